The van der Waals surface area contributed by atoms with E-state index < -0.39 is 0 Å². The highest BCUT2D eigenvalue weighted by molar-refractivity contribution is 6.21. The normalized spacial score (nSPS) is 12.3. The van der Waals surface area contributed by atoms with Crippen molar-refractivity contribution >= 4 is 22.4 Å². The summed E-state index contributed by atoms with van der Waals surface area (Å²) in [6.45, 7) is 0. The Bertz CT molecular complexity index is 760. The van der Waals surface area contributed by atoms with Crippen LogP contribution < -0.4 is 4.74 Å². The molecule has 0 amide bonds. The highest BCUT2D eigenvalue weighted by atomic mass is 35.5. The third-order valence-corrected chi connectivity index (χ3v) is 3.84. The summed E-state index contributed by atoms with van der Waals surface area (Å²) < 4.78 is 5.11. The minimum Gasteiger partial charge on any atom is -0.481 e. The predicted octanol–water partition coefficient (Wildman–Crippen LogP) is 4.16. The Morgan fingerprint density at radius 3 is 2.67 bits per heavy atom. The maximum absolute atomic E-state index is 6.54. The van der Waals surface area contributed by atoms with Crippen molar-refractivity contribution in [1.82, 2.24) is 9.97 Å². The first-order chi connectivity index (χ1) is 10.3. The summed E-state index contributed by atoms with van der Waals surface area (Å²) >= 11 is 6.54. The first-order valence-electron chi connectivity index (χ1n) is 6.74. The molecule has 106 valence electrons. The Morgan fingerprint density at radius 1 is 1.05 bits per heavy atom. The van der Waals surface area contributed by atoms with E-state index in [1.165, 1.54) is 17.1 Å². The summed E-state index contributed by atoms with van der Waals surface area (Å²) in [7, 11) is 1.59. The van der Waals surface area contributed by atoms with Crippen LogP contribution in [0.3, 0.4) is 0 Å². The van der Waals surface area contributed by atoms with Crippen LogP contribution in [0.15, 0.2) is 54.9 Å². The Kier molecular flexibility index (Phi) is 4.02. The van der Waals surface area contributed by atoms with Gasteiger partial charge in [0.25, 0.3) is 0 Å². The molecular weight excluding hydrogens is 284 g/mol. The van der Waals surface area contributed by atoms with E-state index >= 15 is 0 Å². The minimum absolute atomic E-state index is 0.130. The molecule has 1 heterocycles. The van der Waals surface area contributed by atoms with Gasteiger partial charge in [0.15, 0.2) is 0 Å². The number of ether oxygens (including phenoxy) is 1. The summed E-state index contributed by atoms with van der Waals surface area (Å²) in [5, 5.41) is 2.28. The number of halogens is 1. The van der Waals surface area contributed by atoms with Crippen molar-refractivity contribution in [2.24, 2.45) is 0 Å². The summed E-state index contributed by atoms with van der Waals surface area (Å²) in [4.78, 5) is 8.24. The van der Waals surface area contributed by atoms with Gasteiger partial charge in [-0.3, -0.25) is 0 Å². The maximum Gasteiger partial charge on any atom is 0.216 e. The molecule has 3 nitrogen and oxygen atoms in total. The molecule has 0 aliphatic heterocycles. The number of alkyl halides is 1. The van der Waals surface area contributed by atoms with E-state index in [4.69, 9.17) is 16.3 Å². The van der Waals surface area contributed by atoms with E-state index in [0.717, 1.165) is 11.3 Å². The van der Waals surface area contributed by atoms with E-state index in [0.29, 0.717) is 12.3 Å². The van der Waals surface area contributed by atoms with E-state index in [2.05, 4.69) is 40.3 Å². The molecular formula is C17H15ClN2O. The van der Waals surface area contributed by atoms with Crippen molar-refractivity contribution in [3.8, 4) is 5.88 Å². The molecule has 1 atom stereocenters. The molecule has 0 saturated carbocycles. The standard InChI is InChI=1S/C17H15ClN2O/c1-21-17-10-15(19-11-20-17)9-16(18)14-7-6-12-4-2-3-5-13(12)8-14/h2-8,10-11,16H,9H2,1H3. The molecule has 1 unspecified atom stereocenters. The van der Waals surface area contributed by atoms with E-state index in [1.54, 1.807) is 7.11 Å². The van der Waals surface area contributed by atoms with Gasteiger partial charge < -0.3 is 4.74 Å². The van der Waals surface area contributed by atoms with Crippen LogP contribution in [-0.2, 0) is 6.42 Å². The molecule has 21 heavy (non-hydrogen) atoms. The van der Waals surface area contributed by atoms with Crippen LogP contribution in [0, 0.1) is 0 Å². The Balaban J connectivity index is 1.84. The van der Waals surface area contributed by atoms with Gasteiger partial charge in [0.05, 0.1) is 12.5 Å². The second-order valence-electron chi connectivity index (χ2n) is 4.83. The number of fused-ring (bicyclic) bond motifs is 1. The zero-order valence-electron chi connectivity index (χ0n) is 11.7. The lowest BCUT2D eigenvalue weighted by Gasteiger charge is -2.11. The van der Waals surface area contributed by atoms with Crippen molar-refractivity contribution in [2.45, 2.75) is 11.8 Å². The zero-order chi connectivity index (χ0) is 14.7. The van der Waals surface area contributed by atoms with Crippen LogP contribution in [0.25, 0.3) is 10.8 Å². The number of hydrogen-bond donors (Lipinski definition) is 0. The van der Waals surface area contributed by atoms with Gasteiger partial charge in [0.2, 0.25) is 5.88 Å². The fourth-order valence-corrected chi connectivity index (χ4v) is 2.60. The molecule has 0 saturated heterocycles. The molecule has 3 aromatic rings. The summed E-state index contributed by atoms with van der Waals surface area (Å²) in [6, 6.07) is 16.4. The molecule has 0 aliphatic carbocycles. The second-order valence-corrected chi connectivity index (χ2v) is 5.36. The smallest absolute Gasteiger partial charge is 0.216 e. The first-order valence-corrected chi connectivity index (χ1v) is 7.17. The van der Waals surface area contributed by atoms with Crippen LogP contribution in [0.2, 0.25) is 0 Å². The van der Waals surface area contributed by atoms with Gasteiger partial charge in [-0.15, -0.1) is 11.6 Å². The fourth-order valence-electron chi connectivity index (χ4n) is 2.30. The van der Waals surface area contributed by atoms with Gasteiger partial charge in [-0.25, -0.2) is 9.97 Å². The number of methoxy groups -OCH3 is 1. The average molecular weight is 299 g/mol. The molecule has 0 aliphatic rings. The summed E-state index contributed by atoms with van der Waals surface area (Å²) in [5.41, 5.74) is 1.96. The van der Waals surface area contributed by atoms with Crippen LogP contribution in [0.5, 0.6) is 5.88 Å². The Hall–Kier alpha value is -2.13. The molecule has 0 N–H and O–H groups in total. The van der Waals surface area contributed by atoms with Crippen molar-refractivity contribution in [3.63, 3.8) is 0 Å². The SMILES string of the molecule is COc1cc(CC(Cl)c2ccc3ccccc3c2)ncn1. The minimum atomic E-state index is -0.130. The third kappa shape index (κ3) is 3.14. The largest absolute Gasteiger partial charge is 0.481 e. The molecule has 1 aromatic heterocycles. The van der Waals surface area contributed by atoms with Crippen LogP contribution in [0.1, 0.15) is 16.6 Å². The Morgan fingerprint density at radius 2 is 1.86 bits per heavy atom. The fraction of sp³-hybridized carbons (Fsp3) is 0.176. The van der Waals surface area contributed by atoms with Crippen molar-refractivity contribution in [2.75, 3.05) is 7.11 Å². The quantitative estimate of drug-likeness (QED) is 0.678. The number of rotatable bonds is 4. The average Bonchev–Trinajstić information content (AvgIpc) is 2.54. The Labute approximate surface area is 128 Å². The van der Waals surface area contributed by atoms with Crippen LogP contribution >= 0.6 is 11.6 Å². The lowest BCUT2D eigenvalue weighted by molar-refractivity contribution is 0.396. The van der Waals surface area contributed by atoms with Crippen molar-refractivity contribution in [1.29, 1.82) is 0 Å². The van der Waals surface area contributed by atoms with Gasteiger partial charge in [0, 0.05) is 18.2 Å². The number of hydrogen-bond acceptors (Lipinski definition) is 3. The zero-order valence-corrected chi connectivity index (χ0v) is 12.4. The van der Waals surface area contributed by atoms with Crippen molar-refractivity contribution < 1.29 is 4.74 Å². The van der Waals surface area contributed by atoms with Crippen LogP contribution in [0.4, 0.5) is 0 Å². The lowest BCUT2D eigenvalue weighted by atomic mass is 10.0. The number of benzene rings is 2. The van der Waals surface area contributed by atoms with Crippen molar-refractivity contribution in [3.05, 3.63) is 66.1 Å². The predicted molar refractivity (Wildman–Crippen MR) is 84.8 cm³/mol. The van der Waals surface area contributed by atoms with E-state index in [-0.39, 0.29) is 5.38 Å². The number of nitrogens with zero attached hydrogens (tertiary/aromatic N) is 2. The summed E-state index contributed by atoms with van der Waals surface area (Å²) in [6.07, 6.45) is 2.14. The molecule has 0 radical (unpaired) electrons. The van der Waals surface area contributed by atoms with E-state index in [9.17, 15) is 0 Å². The summed E-state index contributed by atoms with van der Waals surface area (Å²) in [5.74, 6) is 0.558. The molecule has 4 heteroatoms. The third-order valence-electron chi connectivity index (χ3n) is 3.43. The second kappa shape index (κ2) is 6.10. The number of aromatic nitrogens is 2. The highest BCUT2D eigenvalue weighted by Gasteiger charge is 2.11. The maximum atomic E-state index is 6.54. The molecule has 2 aromatic carbocycles. The highest BCUT2D eigenvalue weighted by Crippen LogP contribution is 2.27. The van der Waals surface area contributed by atoms with Gasteiger partial charge in [-0.2, -0.15) is 0 Å². The molecule has 3 rings (SSSR count). The lowest BCUT2D eigenvalue weighted by Crippen LogP contribution is -2.00. The van der Waals surface area contributed by atoms with Gasteiger partial charge in [0.1, 0.15) is 6.33 Å². The molecule has 0 spiro atoms. The monoisotopic (exact) mass is 298 g/mol. The topological polar surface area (TPSA) is 35.0 Å². The van der Waals surface area contributed by atoms with Gasteiger partial charge in [-0.05, 0) is 22.4 Å². The molecule has 0 fully saturated rings. The molecule has 0 bridgehead atoms. The van der Waals surface area contributed by atoms with E-state index in [1.807, 2.05) is 18.2 Å². The first kappa shape index (κ1) is 13.8. The van der Waals surface area contributed by atoms with Gasteiger partial charge in [-0.1, -0.05) is 36.4 Å². The van der Waals surface area contributed by atoms with Crippen LogP contribution in [-0.4, -0.2) is 17.1 Å². The van der Waals surface area contributed by atoms with Gasteiger partial charge >= 0.3 is 0 Å².